The van der Waals surface area contributed by atoms with E-state index in [4.69, 9.17) is 4.42 Å². The van der Waals surface area contributed by atoms with Crippen LogP contribution < -0.4 is 0 Å². The SMILES string of the molecule is O=[N+]([O-])c1cccc(-c2nnc(C(F)(F)Sc3ccc(F)c(O)c3)o2)c1. The number of phenols is 1. The van der Waals surface area contributed by atoms with Crippen LogP contribution >= 0.6 is 11.8 Å². The number of aromatic hydroxyl groups is 1. The maximum absolute atomic E-state index is 14.3. The van der Waals surface area contributed by atoms with Crippen molar-refractivity contribution < 1.29 is 27.6 Å². The Balaban J connectivity index is 1.86. The van der Waals surface area contributed by atoms with Crippen LogP contribution in [0.2, 0.25) is 0 Å². The lowest BCUT2D eigenvalue weighted by atomic mass is 10.2. The van der Waals surface area contributed by atoms with Crippen LogP contribution in [-0.2, 0) is 5.25 Å². The second-order valence-corrected chi connectivity index (χ2v) is 6.14. The molecule has 3 aromatic rings. The van der Waals surface area contributed by atoms with Gasteiger partial charge >= 0.3 is 5.25 Å². The fraction of sp³-hybridized carbons (Fsp3) is 0.0667. The van der Waals surface area contributed by atoms with Crippen LogP contribution in [0.15, 0.2) is 51.8 Å². The number of non-ortho nitro benzene ring substituents is 1. The Morgan fingerprint density at radius 3 is 2.65 bits per heavy atom. The highest BCUT2D eigenvalue weighted by molar-refractivity contribution is 8.00. The molecular weight excluding hydrogens is 375 g/mol. The van der Waals surface area contributed by atoms with Gasteiger partial charge in [0.2, 0.25) is 5.89 Å². The maximum atomic E-state index is 14.3. The second kappa shape index (κ2) is 6.67. The molecule has 3 rings (SSSR count). The Bertz CT molecular complexity index is 980. The van der Waals surface area contributed by atoms with Gasteiger partial charge in [-0.05, 0) is 36.0 Å². The number of rotatable bonds is 5. The molecule has 0 unspecified atom stereocenters. The zero-order valence-electron chi connectivity index (χ0n) is 12.6. The number of benzene rings is 2. The molecule has 0 aliphatic carbocycles. The molecule has 0 saturated heterocycles. The molecule has 11 heteroatoms. The summed E-state index contributed by atoms with van der Waals surface area (Å²) in [7, 11) is 0. The van der Waals surface area contributed by atoms with Gasteiger partial charge in [-0.3, -0.25) is 10.1 Å². The monoisotopic (exact) mass is 383 g/mol. The topological polar surface area (TPSA) is 102 Å². The second-order valence-electron chi connectivity index (χ2n) is 4.95. The van der Waals surface area contributed by atoms with Crippen LogP contribution in [0, 0.1) is 15.9 Å². The Kier molecular flexibility index (Phi) is 4.55. The summed E-state index contributed by atoms with van der Waals surface area (Å²) in [5, 5.41) is 23.1. The van der Waals surface area contributed by atoms with E-state index >= 15 is 0 Å². The van der Waals surface area contributed by atoms with E-state index in [9.17, 15) is 28.4 Å². The molecule has 2 aromatic carbocycles. The molecule has 0 bridgehead atoms. The van der Waals surface area contributed by atoms with E-state index in [1.807, 2.05) is 0 Å². The van der Waals surface area contributed by atoms with Gasteiger partial charge in [0.05, 0.1) is 4.92 Å². The third-order valence-electron chi connectivity index (χ3n) is 3.14. The smallest absolute Gasteiger partial charge is 0.374 e. The van der Waals surface area contributed by atoms with E-state index in [0.29, 0.717) is 0 Å². The predicted octanol–water partition coefficient (Wildman–Crippen LogP) is 4.33. The van der Waals surface area contributed by atoms with Gasteiger partial charge in [-0.15, -0.1) is 10.2 Å². The summed E-state index contributed by atoms with van der Waals surface area (Å²) in [4.78, 5) is 10.0. The van der Waals surface area contributed by atoms with Crippen LogP contribution in [0.5, 0.6) is 5.75 Å². The van der Waals surface area contributed by atoms with E-state index in [1.54, 1.807) is 0 Å². The lowest BCUT2D eigenvalue weighted by molar-refractivity contribution is -0.384. The first kappa shape index (κ1) is 17.7. The first-order valence-corrected chi connectivity index (χ1v) is 7.72. The number of thioether (sulfide) groups is 1. The fourth-order valence-electron chi connectivity index (χ4n) is 1.96. The number of hydrogen-bond donors (Lipinski definition) is 1. The lowest BCUT2D eigenvalue weighted by Crippen LogP contribution is -2.08. The van der Waals surface area contributed by atoms with Crippen molar-refractivity contribution >= 4 is 17.4 Å². The van der Waals surface area contributed by atoms with E-state index in [2.05, 4.69) is 10.2 Å². The van der Waals surface area contributed by atoms with Crippen molar-refractivity contribution in [3.63, 3.8) is 0 Å². The van der Waals surface area contributed by atoms with Gasteiger partial charge in [0.1, 0.15) is 0 Å². The standard InChI is InChI=1S/C15H8F3N3O4S/c16-11-5-4-10(7-12(11)22)26-15(17,18)14-20-19-13(25-14)8-2-1-3-9(6-8)21(23)24/h1-7,22H. The Hall–Kier alpha value is -3.08. The third kappa shape index (κ3) is 3.61. The number of aromatic nitrogens is 2. The Labute approximate surface area is 147 Å². The van der Waals surface area contributed by atoms with Crippen LogP contribution in [0.1, 0.15) is 5.89 Å². The quantitative estimate of drug-likeness (QED) is 0.397. The minimum absolute atomic E-state index is 0.0261. The molecule has 26 heavy (non-hydrogen) atoms. The van der Waals surface area contributed by atoms with Gasteiger partial charge in [-0.1, -0.05) is 6.07 Å². The molecule has 0 aliphatic heterocycles. The zero-order chi connectivity index (χ0) is 18.9. The van der Waals surface area contributed by atoms with Crippen LogP contribution in [0.3, 0.4) is 0 Å². The highest BCUT2D eigenvalue weighted by Crippen LogP contribution is 2.45. The highest BCUT2D eigenvalue weighted by Gasteiger charge is 2.40. The summed E-state index contributed by atoms with van der Waals surface area (Å²) in [5.74, 6) is -3.06. The van der Waals surface area contributed by atoms with Crippen molar-refractivity contribution in [2.45, 2.75) is 10.2 Å². The lowest BCUT2D eigenvalue weighted by Gasteiger charge is -2.11. The van der Waals surface area contributed by atoms with E-state index in [-0.39, 0.29) is 33.8 Å². The Morgan fingerprint density at radius 2 is 1.96 bits per heavy atom. The molecule has 0 fully saturated rings. The Morgan fingerprint density at radius 1 is 1.19 bits per heavy atom. The molecule has 0 saturated carbocycles. The van der Waals surface area contributed by atoms with Gasteiger partial charge in [-0.2, -0.15) is 8.78 Å². The van der Waals surface area contributed by atoms with Gasteiger partial charge in [0.15, 0.2) is 11.6 Å². The van der Waals surface area contributed by atoms with Crippen molar-refractivity contribution in [3.8, 4) is 17.2 Å². The molecule has 0 atom stereocenters. The molecule has 134 valence electrons. The van der Waals surface area contributed by atoms with E-state index in [1.165, 1.54) is 18.2 Å². The number of nitrogens with zero attached hydrogens (tertiary/aromatic N) is 3. The fourth-order valence-corrected chi connectivity index (χ4v) is 2.73. The first-order valence-electron chi connectivity index (χ1n) is 6.90. The predicted molar refractivity (Wildman–Crippen MR) is 84.2 cm³/mol. The van der Waals surface area contributed by atoms with E-state index < -0.39 is 27.6 Å². The summed E-state index contributed by atoms with van der Waals surface area (Å²) < 4.78 is 46.5. The number of nitro groups is 1. The molecule has 0 aliphatic rings. The average Bonchev–Trinajstić information content (AvgIpc) is 3.09. The molecule has 0 amide bonds. The summed E-state index contributed by atoms with van der Waals surface area (Å²) in [6.07, 6.45) is 0. The van der Waals surface area contributed by atoms with Crippen molar-refractivity contribution in [2.75, 3.05) is 0 Å². The highest BCUT2D eigenvalue weighted by atomic mass is 32.2. The van der Waals surface area contributed by atoms with Crippen LogP contribution in [-0.4, -0.2) is 20.2 Å². The van der Waals surface area contributed by atoms with Crippen molar-refractivity contribution in [2.24, 2.45) is 0 Å². The normalized spacial score (nSPS) is 11.5. The molecule has 7 nitrogen and oxygen atoms in total. The van der Waals surface area contributed by atoms with Crippen LogP contribution in [0.25, 0.3) is 11.5 Å². The molecule has 1 aromatic heterocycles. The molecular formula is C15H8F3N3O4S. The van der Waals surface area contributed by atoms with Gasteiger partial charge in [0, 0.05) is 22.6 Å². The van der Waals surface area contributed by atoms with E-state index in [0.717, 1.165) is 24.3 Å². The van der Waals surface area contributed by atoms with Gasteiger partial charge in [-0.25, -0.2) is 4.39 Å². The molecule has 0 spiro atoms. The minimum Gasteiger partial charge on any atom is -0.505 e. The van der Waals surface area contributed by atoms with Crippen LogP contribution in [0.4, 0.5) is 18.9 Å². The summed E-state index contributed by atoms with van der Waals surface area (Å²) in [6.45, 7) is 0. The number of hydrogen-bond acceptors (Lipinski definition) is 7. The van der Waals surface area contributed by atoms with Gasteiger partial charge in [0.25, 0.3) is 11.6 Å². The van der Waals surface area contributed by atoms with Crippen molar-refractivity contribution in [1.29, 1.82) is 0 Å². The molecule has 1 heterocycles. The maximum Gasteiger partial charge on any atom is 0.374 e. The summed E-state index contributed by atoms with van der Waals surface area (Å²) in [5.41, 5.74) is -0.150. The summed E-state index contributed by atoms with van der Waals surface area (Å²) in [6, 6.07) is 7.83. The number of alkyl halides is 2. The minimum atomic E-state index is -3.67. The van der Waals surface area contributed by atoms with Crippen molar-refractivity contribution in [1.82, 2.24) is 10.2 Å². The largest absolute Gasteiger partial charge is 0.505 e. The third-order valence-corrected chi connectivity index (χ3v) is 4.06. The van der Waals surface area contributed by atoms with Gasteiger partial charge < -0.3 is 9.52 Å². The zero-order valence-corrected chi connectivity index (χ0v) is 13.4. The first-order chi connectivity index (χ1) is 12.3. The summed E-state index contributed by atoms with van der Waals surface area (Å²) >= 11 is -0.0261. The van der Waals surface area contributed by atoms with Crippen molar-refractivity contribution in [3.05, 3.63) is 64.3 Å². The number of halogens is 3. The number of phenolic OH excluding ortho intramolecular Hbond substituents is 1. The molecule has 0 radical (unpaired) electrons. The average molecular weight is 383 g/mol. The number of nitro benzene ring substituents is 1. The molecule has 1 N–H and O–H groups in total.